The number of allylic oxidation sites excluding steroid dienone is 1. The summed E-state index contributed by atoms with van der Waals surface area (Å²) in [4.78, 5) is 21.3. The van der Waals surface area contributed by atoms with Crippen molar-refractivity contribution in [1.82, 2.24) is 0 Å². The van der Waals surface area contributed by atoms with Gasteiger partial charge in [0.15, 0.2) is 6.10 Å². The molecule has 84 valence electrons. The van der Waals surface area contributed by atoms with Gasteiger partial charge in [-0.05, 0) is 19.8 Å². The molecule has 0 aliphatic heterocycles. The number of hydrogen-bond acceptors (Lipinski definition) is 3. The van der Waals surface area contributed by atoms with Gasteiger partial charge in [0.1, 0.15) is 0 Å². The predicted molar refractivity (Wildman–Crippen MR) is 51.2 cm³/mol. The number of aliphatic hydroxyl groups excluding tert-OH is 1. The van der Waals surface area contributed by atoms with E-state index < -0.39 is 29.9 Å². The Labute approximate surface area is 87.0 Å². The Balaban J connectivity index is 2.82. The van der Waals surface area contributed by atoms with E-state index in [2.05, 4.69) is 0 Å². The van der Waals surface area contributed by atoms with E-state index in [1.165, 1.54) is 0 Å². The van der Waals surface area contributed by atoms with E-state index >= 15 is 0 Å². The molecule has 1 aliphatic carbocycles. The van der Waals surface area contributed by atoms with Crippen molar-refractivity contribution in [3.05, 3.63) is 11.6 Å². The van der Waals surface area contributed by atoms with Gasteiger partial charge < -0.3 is 15.3 Å². The van der Waals surface area contributed by atoms with Crippen molar-refractivity contribution in [3.63, 3.8) is 0 Å². The molecule has 0 radical (unpaired) electrons. The molecule has 1 fully saturated rings. The molecule has 1 aliphatic rings. The van der Waals surface area contributed by atoms with Crippen molar-refractivity contribution >= 4 is 11.9 Å². The van der Waals surface area contributed by atoms with Gasteiger partial charge in [-0.15, -0.1) is 0 Å². The van der Waals surface area contributed by atoms with Crippen LogP contribution in [0.25, 0.3) is 0 Å². The van der Waals surface area contributed by atoms with Crippen molar-refractivity contribution in [3.8, 4) is 0 Å². The van der Waals surface area contributed by atoms with Crippen LogP contribution >= 0.6 is 0 Å². The lowest BCUT2D eigenvalue weighted by molar-refractivity contribution is -0.149. The molecule has 0 aromatic heterocycles. The molecule has 5 heteroatoms. The van der Waals surface area contributed by atoms with E-state index in [1.54, 1.807) is 13.0 Å². The number of aliphatic carboxylic acids is 2. The average molecular weight is 214 g/mol. The molecular weight excluding hydrogens is 200 g/mol. The van der Waals surface area contributed by atoms with Crippen molar-refractivity contribution in [2.24, 2.45) is 11.8 Å². The highest BCUT2D eigenvalue weighted by molar-refractivity contribution is 5.75. The van der Waals surface area contributed by atoms with Crippen LogP contribution in [-0.4, -0.2) is 33.4 Å². The summed E-state index contributed by atoms with van der Waals surface area (Å²) in [5.41, 5.74) is 0.720. The van der Waals surface area contributed by atoms with Gasteiger partial charge >= 0.3 is 11.9 Å². The summed E-state index contributed by atoms with van der Waals surface area (Å²) < 4.78 is 0. The van der Waals surface area contributed by atoms with Gasteiger partial charge in [-0.3, -0.25) is 4.79 Å². The third-order valence-electron chi connectivity index (χ3n) is 2.85. The van der Waals surface area contributed by atoms with E-state index in [4.69, 9.17) is 10.2 Å². The molecular formula is C10H14O5. The van der Waals surface area contributed by atoms with Crippen LogP contribution in [0, 0.1) is 11.8 Å². The number of carboxylic acids is 2. The summed E-state index contributed by atoms with van der Waals surface area (Å²) in [7, 11) is 0. The number of hydrogen-bond donors (Lipinski definition) is 3. The summed E-state index contributed by atoms with van der Waals surface area (Å²) in [6.45, 7) is 1.72. The van der Waals surface area contributed by atoms with Crippen LogP contribution in [0.1, 0.15) is 19.8 Å². The zero-order valence-electron chi connectivity index (χ0n) is 8.38. The van der Waals surface area contributed by atoms with Crippen molar-refractivity contribution in [2.45, 2.75) is 25.9 Å². The average Bonchev–Trinajstić information content (AvgIpc) is 2.59. The minimum atomic E-state index is -1.50. The molecule has 1 saturated carbocycles. The van der Waals surface area contributed by atoms with Gasteiger partial charge in [0, 0.05) is 5.92 Å². The first-order chi connectivity index (χ1) is 6.97. The largest absolute Gasteiger partial charge is 0.481 e. The summed E-state index contributed by atoms with van der Waals surface area (Å²) >= 11 is 0. The summed E-state index contributed by atoms with van der Waals surface area (Å²) in [5.74, 6) is -3.37. The monoisotopic (exact) mass is 214 g/mol. The standard InChI is InChI=1S/C10H14O5/c1-2-5-3-6(9(12)13)4-7(5)8(11)10(14)15/h2,6-8,11H,3-4H2,1H3,(H,12,13)(H,14,15). The maximum absolute atomic E-state index is 10.7. The van der Waals surface area contributed by atoms with Crippen molar-refractivity contribution < 1.29 is 24.9 Å². The molecule has 15 heavy (non-hydrogen) atoms. The molecule has 3 unspecified atom stereocenters. The normalized spacial score (nSPS) is 30.4. The number of rotatable bonds is 3. The van der Waals surface area contributed by atoms with E-state index in [-0.39, 0.29) is 6.42 Å². The lowest BCUT2D eigenvalue weighted by Gasteiger charge is -2.15. The third-order valence-corrected chi connectivity index (χ3v) is 2.85. The van der Waals surface area contributed by atoms with Gasteiger partial charge in [0.25, 0.3) is 0 Å². The topological polar surface area (TPSA) is 94.8 Å². The molecule has 3 atom stereocenters. The molecule has 0 aromatic carbocycles. The second-order valence-electron chi connectivity index (χ2n) is 3.73. The predicted octanol–water partition coefficient (Wildman–Crippen LogP) is 0.489. The van der Waals surface area contributed by atoms with Crippen LogP contribution in [-0.2, 0) is 9.59 Å². The molecule has 1 rings (SSSR count). The van der Waals surface area contributed by atoms with Crippen LogP contribution in [0.2, 0.25) is 0 Å². The Morgan fingerprint density at radius 2 is 2.07 bits per heavy atom. The first-order valence-corrected chi connectivity index (χ1v) is 4.76. The Bertz CT molecular complexity index is 307. The highest BCUT2D eigenvalue weighted by atomic mass is 16.4. The zero-order chi connectivity index (χ0) is 11.6. The van der Waals surface area contributed by atoms with Gasteiger partial charge in [0.2, 0.25) is 0 Å². The van der Waals surface area contributed by atoms with Gasteiger partial charge in [-0.2, -0.15) is 0 Å². The van der Waals surface area contributed by atoms with Gasteiger partial charge in [0.05, 0.1) is 5.92 Å². The van der Waals surface area contributed by atoms with E-state index in [9.17, 15) is 14.7 Å². The highest BCUT2D eigenvalue weighted by Gasteiger charge is 2.39. The van der Waals surface area contributed by atoms with Gasteiger partial charge in [-0.25, -0.2) is 4.79 Å². The molecule has 0 amide bonds. The molecule has 0 aromatic rings. The molecule has 0 saturated heterocycles. The Hall–Kier alpha value is -1.36. The summed E-state index contributed by atoms with van der Waals surface area (Å²) in [6.07, 6.45) is 0.726. The Morgan fingerprint density at radius 1 is 1.47 bits per heavy atom. The van der Waals surface area contributed by atoms with Crippen LogP contribution < -0.4 is 0 Å². The zero-order valence-corrected chi connectivity index (χ0v) is 8.38. The van der Waals surface area contributed by atoms with Crippen molar-refractivity contribution in [2.75, 3.05) is 0 Å². The fourth-order valence-electron chi connectivity index (χ4n) is 2.00. The van der Waals surface area contributed by atoms with Crippen molar-refractivity contribution in [1.29, 1.82) is 0 Å². The molecule has 0 bridgehead atoms. The number of carbonyl (C=O) groups is 2. The maximum Gasteiger partial charge on any atom is 0.333 e. The SMILES string of the molecule is CC=C1CC(C(=O)O)CC1C(O)C(=O)O. The molecule has 5 nitrogen and oxygen atoms in total. The Kier molecular flexibility index (Phi) is 3.47. The molecule has 0 spiro atoms. The quantitative estimate of drug-likeness (QED) is 0.594. The summed E-state index contributed by atoms with van der Waals surface area (Å²) in [5, 5.41) is 26.9. The number of aliphatic hydroxyl groups is 1. The first-order valence-electron chi connectivity index (χ1n) is 4.76. The summed E-state index contributed by atoms with van der Waals surface area (Å²) in [6, 6.07) is 0. The fourth-order valence-corrected chi connectivity index (χ4v) is 2.00. The second kappa shape index (κ2) is 4.44. The smallest absolute Gasteiger partial charge is 0.333 e. The molecule has 3 N–H and O–H groups in total. The van der Waals surface area contributed by atoms with Crippen LogP contribution in [0.15, 0.2) is 11.6 Å². The fraction of sp³-hybridized carbons (Fsp3) is 0.600. The maximum atomic E-state index is 10.7. The molecule has 0 heterocycles. The first kappa shape index (κ1) is 11.7. The lowest BCUT2D eigenvalue weighted by Crippen LogP contribution is -2.29. The van der Waals surface area contributed by atoms with Crippen LogP contribution in [0.4, 0.5) is 0 Å². The van der Waals surface area contributed by atoms with Gasteiger partial charge in [-0.1, -0.05) is 11.6 Å². The van der Waals surface area contributed by atoms with E-state index in [1.807, 2.05) is 0 Å². The van der Waals surface area contributed by atoms with Crippen LogP contribution in [0.3, 0.4) is 0 Å². The minimum absolute atomic E-state index is 0.197. The highest BCUT2D eigenvalue weighted by Crippen LogP contribution is 2.38. The lowest BCUT2D eigenvalue weighted by atomic mass is 9.95. The van der Waals surface area contributed by atoms with E-state index in [0.29, 0.717) is 6.42 Å². The van der Waals surface area contributed by atoms with Crippen LogP contribution in [0.5, 0.6) is 0 Å². The minimum Gasteiger partial charge on any atom is -0.481 e. The second-order valence-corrected chi connectivity index (χ2v) is 3.73. The Morgan fingerprint density at radius 3 is 2.47 bits per heavy atom. The third kappa shape index (κ3) is 2.36. The van der Waals surface area contributed by atoms with E-state index in [0.717, 1.165) is 5.57 Å². The number of carboxylic acid groups (broad SMARTS) is 2.